The lowest BCUT2D eigenvalue weighted by Crippen LogP contribution is -2.04. The predicted octanol–water partition coefficient (Wildman–Crippen LogP) is 1.21. The molecule has 16 heavy (non-hydrogen) atoms. The monoisotopic (exact) mass is 223 g/mol. The first-order chi connectivity index (χ1) is 7.58. The van der Waals surface area contributed by atoms with E-state index in [4.69, 9.17) is 0 Å². The van der Waals surface area contributed by atoms with E-state index in [0.29, 0.717) is 17.8 Å². The van der Waals surface area contributed by atoms with Crippen molar-refractivity contribution in [2.24, 2.45) is 14.1 Å². The summed E-state index contributed by atoms with van der Waals surface area (Å²) in [5, 5.41) is 11.2. The van der Waals surface area contributed by atoms with Crippen molar-refractivity contribution in [1.29, 1.82) is 0 Å². The summed E-state index contributed by atoms with van der Waals surface area (Å²) in [4.78, 5) is 0. The molecule has 0 aliphatic heterocycles. The Morgan fingerprint density at radius 3 is 2.62 bits per heavy atom. The minimum Gasteiger partial charge on any atom is -0.364 e. The molecule has 86 valence electrons. The quantitative estimate of drug-likeness (QED) is 0.851. The molecule has 0 bridgehead atoms. The van der Waals surface area contributed by atoms with Gasteiger partial charge in [-0.15, -0.1) is 0 Å². The van der Waals surface area contributed by atoms with E-state index in [2.05, 4.69) is 15.5 Å². The van der Waals surface area contributed by atoms with Crippen LogP contribution < -0.4 is 5.32 Å². The van der Waals surface area contributed by atoms with E-state index in [-0.39, 0.29) is 5.95 Å². The van der Waals surface area contributed by atoms with E-state index >= 15 is 0 Å². The van der Waals surface area contributed by atoms with E-state index in [9.17, 15) is 4.39 Å². The molecule has 6 heteroatoms. The maximum Gasteiger partial charge on any atom is 0.216 e. The Bertz CT molecular complexity index is 499. The zero-order chi connectivity index (χ0) is 11.7. The van der Waals surface area contributed by atoms with E-state index in [0.717, 1.165) is 5.82 Å². The summed E-state index contributed by atoms with van der Waals surface area (Å²) in [6, 6.07) is 1.84. The molecule has 2 heterocycles. The highest BCUT2D eigenvalue weighted by atomic mass is 19.1. The van der Waals surface area contributed by atoms with Crippen LogP contribution in [0.4, 0.5) is 10.2 Å². The largest absolute Gasteiger partial charge is 0.364 e. The van der Waals surface area contributed by atoms with Crippen LogP contribution in [0.5, 0.6) is 0 Å². The van der Waals surface area contributed by atoms with Crippen molar-refractivity contribution in [3.8, 4) is 0 Å². The average molecular weight is 223 g/mol. The van der Waals surface area contributed by atoms with Gasteiger partial charge in [0.15, 0.2) is 0 Å². The molecule has 0 amide bonds. The zero-order valence-corrected chi connectivity index (χ0v) is 9.53. The highest BCUT2D eigenvalue weighted by molar-refractivity contribution is 5.34. The number of hydrogen-bond acceptors (Lipinski definition) is 3. The van der Waals surface area contributed by atoms with E-state index < -0.39 is 0 Å². The van der Waals surface area contributed by atoms with Crippen LogP contribution in [0.15, 0.2) is 12.3 Å². The van der Waals surface area contributed by atoms with Crippen LogP contribution >= 0.6 is 0 Å². The number of nitrogens with one attached hydrogen (secondary N) is 1. The van der Waals surface area contributed by atoms with Crippen molar-refractivity contribution in [2.45, 2.75) is 13.5 Å². The second-order valence-electron chi connectivity index (χ2n) is 3.71. The molecule has 2 aromatic heterocycles. The summed E-state index contributed by atoms with van der Waals surface area (Å²) < 4.78 is 16.5. The number of rotatable bonds is 3. The smallest absolute Gasteiger partial charge is 0.216 e. The van der Waals surface area contributed by atoms with E-state index in [1.807, 2.05) is 19.3 Å². The molecule has 0 saturated heterocycles. The highest BCUT2D eigenvalue weighted by Crippen LogP contribution is 2.13. The summed E-state index contributed by atoms with van der Waals surface area (Å²) in [6.07, 6.45) is 1.83. The molecule has 0 fully saturated rings. The van der Waals surface area contributed by atoms with Gasteiger partial charge in [0.25, 0.3) is 0 Å². The first-order valence-electron chi connectivity index (χ1n) is 4.99. The molecule has 0 aliphatic rings. The van der Waals surface area contributed by atoms with Crippen LogP contribution in [-0.4, -0.2) is 19.6 Å². The minimum atomic E-state index is -0.305. The summed E-state index contributed by atoms with van der Waals surface area (Å²) in [5.41, 5.74) is 1.27. The SMILES string of the molecule is Cc1nn(C)c(F)c1CNc1ccn(C)n1. The number of anilines is 1. The third-order valence-electron chi connectivity index (χ3n) is 2.43. The molecule has 0 unspecified atom stereocenters. The lowest BCUT2D eigenvalue weighted by atomic mass is 10.2. The Kier molecular flexibility index (Phi) is 2.64. The lowest BCUT2D eigenvalue weighted by Gasteiger charge is -2.01. The van der Waals surface area contributed by atoms with Gasteiger partial charge >= 0.3 is 0 Å². The van der Waals surface area contributed by atoms with Gasteiger partial charge in [0.1, 0.15) is 5.82 Å². The van der Waals surface area contributed by atoms with E-state index in [1.165, 1.54) is 4.68 Å². The molecule has 2 rings (SSSR count). The van der Waals surface area contributed by atoms with Gasteiger partial charge in [0.05, 0.1) is 5.69 Å². The molecule has 2 aromatic rings. The Labute approximate surface area is 92.9 Å². The van der Waals surface area contributed by atoms with Gasteiger partial charge in [-0.3, -0.25) is 4.68 Å². The van der Waals surface area contributed by atoms with Gasteiger partial charge < -0.3 is 5.32 Å². The van der Waals surface area contributed by atoms with Crippen molar-refractivity contribution in [2.75, 3.05) is 5.32 Å². The summed E-state index contributed by atoms with van der Waals surface area (Å²) >= 11 is 0. The molecule has 1 N–H and O–H groups in total. The Balaban J connectivity index is 2.10. The third-order valence-corrected chi connectivity index (χ3v) is 2.43. The fourth-order valence-corrected chi connectivity index (χ4v) is 1.56. The molecule has 0 atom stereocenters. The summed E-state index contributed by atoms with van der Waals surface area (Å²) in [6.45, 7) is 2.18. The van der Waals surface area contributed by atoms with Crippen LogP contribution in [0.25, 0.3) is 0 Å². The van der Waals surface area contributed by atoms with Crippen molar-refractivity contribution in [1.82, 2.24) is 19.6 Å². The van der Waals surface area contributed by atoms with Crippen LogP contribution in [-0.2, 0) is 20.6 Å². The maximum atomic E-state index is 13.6. The first-order valence-corrected chi connectivity index (χ1v) is 4.99. The molecule has 0 spiro atoms. The molecule has 0 saturated carbocycles. The molecule has 0 aliphatic carbocycles. The number of halogens is 1. The van der Waals surface area contributed by atoms with Crippen LogP contribution in [0.2, 0.25) is 0 Å². The van der Waals surface area contributed by atoms with Gasteiger partial charge in [0, 0.05) is 38.5 Å². The Morgan fingerprint density at radius 1 is 1.38 bits per heavy atom. The van der Waals surface area contributed by atoms with Gasteiger partial charge in [-0.1, -0.05) is 0 Å². The summed E-state index contributed by atoms with van der Waals surface area (Å²) in [7, 11) is 3.42. The molecule has 0 radical (unpaired) electrons. The average Bonchev–Trinajstić information content (AvgIpc) is 2.72. The molecule has 5 nitrogen and oxygen atoms in total. The minimum absolute atomic E-state index is 0.305. The second kappa shape index (κ2) is 3.96. The van der Waals surface area contributed by atoms with Crippen molar-refractivity contribution < 1.29 is 4.39 Å². The normalized spacial score (nSPS) is 10.8. The lowest BCUT2D eigenvalue weighted by molar-refractivity contribution is 0.496. The zero-order valence-electron chi connectivity index (χ0n) is 9.53. The molecular formula is C10H14FN5. The number of hydrogen-bond donors (Lipinski definition) is 1. The Morgan fingerprint density at radius 2 is 2.12 bits per heavy atom. The third kappa shape index (κ3) is 1.91. The first kappa shape index (κ1) is 10.7. The highest BCUT2D eigenvalue weighted by Gasteiger charge is 2.12. The summed E-state index contributed by atoms with van der Waals surface area (Å²) in [5.74, 6) is 0.422. The van der Waals surface area contributed by atoms with Gasteiger partial charge in [-0.05, 0) is 6.92 Å². The van der Waals surface area contributed by atoms with E-state index in [1.54, 1.807) is 18.7 Å². The topological polar surface area (TPSA) is 47.7 Å². The number of aryl methyl sites for hydroxylation is 3. The number of aromatic nitrogens is 4. The number of nitrogens with zero attached hydrogens (tertiary/aromatic N) is 4. The maximum absolute atomic E-state index is 13.6. The van der Waals surface area contributed by atoms with Crippen molar-refractivity contribution in [3.05, 3.63) is 29.5 Å². The molecular weight excluding hydrogens is 209 g/mol. The Hall–Kier alpha value is -1.85. The van der Waals surface area contributed by atoms with Gasteiger partial charge in [0.2, 0.25) is 5.95 Å². The molecule has 0 aromatic carbocycles. The fraction of sp³-hybridized carbons (Fsp3) is 0.400. The predicted molar refractivity (Wildman–Crippen MR) is 58.4 cm³/mol. The second-order valence-corrected chi connectivity index (χ2v) is 3.71. The van der Waals surface area contributed by atoms with Gasteiger partial charge in [-0.2, -0.15) is 14.6 Å². The van der Waals surface area contributed by atoms with Crippen LogP contribution in [0, 0.1) is 12.9 Å². The van der Waals surface area contributed by atoms with Crippen molar-refractivity contribution in [3.63, 3.8) is 0 Å². The fourth-order valence-electron chi connectivity index (χ4n) is 1.56. The van der Waals surface area contributed by atoms with Crippen LogP contribution in [0.1, 0.15) is 11.3 Å². The van der Waals surface area contributed by atoms with Crippen LogP contribution in [0.3, 0.4) is 0 Å². The van der Waals surface area contributed by atoms with Crippen molar-refractivity contribution >= 4 is 5.82 Å². The standard InChI is InChI=1S/C10H14FN5/c1-7-8(10(11)16(3)13-7)6-12-9-4-5-15(2)14-9/h4-5H,6H2,1-3H3,(H,12,14). The van der Waals surface area contributed by atoms with Gasteiger partial charge in [-0.25, -0.2) is 4.68 Å².